The van der Waals surface area contributed by atoms with Gasteiger partial charge in [0.05, 0.1) is 0 Å². The van der Waals surface area contributed by atoms with Gasteiger partial charge in [0.1, 0.15) is 5.60 Å². The quantitative estimate of drug-likeness (QED) is 0.801. The average molecular weight is 254 g/mol. The Kier molecular flexibility index (Phi) is 3.97. The third-order valence-corrected chi connectivity index (χ3v) is 4.88. The molecule has 0 aromatic carbocycles. The highest BCUT2D eigenvalue weighted by Crippen LogP contribution is 2.38. The van der Waals surface area contributed by atoms with E-state index in [4.69, 9.17) is 4.74 Å². The Labute approximate surface area is 110 Å². The molecule has 2 rings (SSSR count). The van der Waals surface area contributed by atoms with Gasteiger partial charge < -0.3 is 15.4 Å². The summed E-state index contributed by atoms with van der Waals surface area (Å²) in [5, 5.41) is 6.80. The Morgan fingerprint density at radius 3 is 2.78 bits per heavy atom. The van der Waals surface area contributed by atoms with Crippen LogP contribution in [0, 0.1) is 0 Å². The van der Waals surface area contributed by atoms with Crippen LogP contribution in [0.15, 0.2) is 0 Å². The van der Waals surface area contributed by atoms with Crippen molar-refractivity contribution in [2.24, 2.45) is 0 Å². The van der Waals surface area contributed by atoms with E-state index in [2.05, 4.69) is 10.6 Å². The molecule has 2 N–H and O–H groups in total. The topological polar surface area (TPSA) is 50.4 Å². The lowest BCUT2D eigenvalue weighted by Crippen LogP contribution is -2.61. The van der Waals surface area contributed by atoms with Gasteiger partial charge in [-0.3, -0.25) is 4.79 Å². The van der Waals surface area contributed by atoms with Gasteiger partial charge in [-0.25, -0.2) is 0 Å². The van der Waals surface area contributed by atoms with Gasteiger partial charge in [0.15, 0.2) is 0 Å². The molecule has 1 heterocycles. The number of hydrogen-bond acceptors (Lipinski definition) is 3. The normalized spacial score (nSPS) is 29.4. The zero-order valence-electron chi connectivity index (χ0n) is 11.8. The second kappa shape index (κ2) is 5.17. The molecule has 0 aromatic rings. The Balaban J connectivity index is 1.91. The third kappa shape index (κ3) is 2.54. The van der Waals surface area contributed by atoms with Crippen LogP contribution in [0.5, 0.6) is 0 Å². The standard InChI is InChI=1S/C14H26N2O2/c1-4-13(2,18-3)12(17)16-11-6-9-15-14(10-11)7-5-8-14/h11,15H,4-10H2,1-3H3,(H,16,17). The number of methoxy groups -OCH3 is 1. The fourth-order valence-electron chi connectivity index (χ4n) is 3.00. The van der Waals surface area contributed by atoms with Crippen molar-refractivity contribution in [2.75, 3.05) is 13.7 Å². The maximum Gasteiger partial charge on any atom is 0.252 e. The van der Waals surface area contributed by atoms with E-state index in [9.17, 15) is 4.79 Å². The van der Waals surface area contributed by atoms with Crippen LogP contribution < -0.4 is 10.6 Å². The summed E-state index contributed by atoms with van der Waals surface area (Å²) < 4.78 is 5.35. The molecule has 18 heavy (non-hydrogen) atoms. The van der Waals surface area contributed by atoms with E-state index >= 15 is 0 Å². The molecule has 2 aliphatic rings. The SMILES string of the molecule is CCC(C)(OC)C(=O)NC1CCNC2(CCC2)C1. The van der Waals surface area contributed by atoms with Gasteiger partial charge in [-0.15, -0.1) is 0 Å². The number of amides is 1. The predicted octanol–water partition coefficient (Wildman–Crippen LogP) is 1.59. The summed E-state index contributed by atoms with van der Waals surface area (Å²) in [5.41, 5.74) is -0.358. The first kappa shape index (κ1) is 13.8. The summed E-state index contributed by atoms with van der Waals surface area (Å²) in [7, 11) is 1.61. The van der Waals surface area contributed by atoms with E-state index in [1.54, 1.807) is 7.11 Å². The molecule has 2 fully saturated rings. The first-order valence-electron chi connectivity index (χ1n) is 7.15. The summed E-state index contributed by atoms with van der Waals surface area (Å²) in [4.78, 5) is 12.3. The summed E-state index contributed by atoms with van der Waals surface area (Å²) in [6, 6.07) is 0.306. The number of hydrogen-bond donors (Lipinski definition) is 2. The molecule has 0 bridgehead atoms. The Hall–Kier alpha value is -0.610. The minimum absolute atomic E-state index is 0.0360. The van der Waals surface area contributed by atoms with Gasteiger partial charge in [0.2, 0.25) is 0 Å². The van der Waals surface area contributed by atoms with E-state index < -0.39 is 5.60 Å². The zero-order valence-corrected chi connectivity index (χ0v) is 11.8. The maximum atomic E-state index is 12.3. The van der Waals surface area contributed by atoms with E-state index in [1.807, 2.05) is 13.8 Å². The highest BCUT2D eigenvalue weighted by molar-refractivity contribution is 5.85. The number of carbonyl (C=O) groups is 1. The average Bonchev–Trinajstić information content (AvgIpc) is 2.36. The van der Waals surface area contributed by atoms with E-state index in [0.29, 0.717) is 18.0 Å². The van der Waals surface area contributed by atoms with Crippen LogP contribution in [0.4, 0.5) is 0 Å². The number of ether oxygens (including phenoxy) is 1. The van der Waals surface area contributed by atoms with Crippen LogP contribution in [0.2, 0.25) is 0 Å². The Morgan fingerprint density at radius 2 is 2.28 bits per heavy atom. The first-order chi connectivity index (χ1) is 8.53. The summed E-state index contributed by atoms with van der Waals surface area (Å²) in [6.07, 6.45) is 6.63. The lowest BCUT2D eigenvalue weighted by molar-refractivity contribution is -0.143. The van der Waals surface area contributed by atoms with Crippen LogP contribution in [-0.4, -0.2) is 36.7 Å². The van der Waals surface area contributed by atoms with Crippen LogP contribution >= 0.6 is 0 Å². The molecule has 1 saturated heterocycles. The van der Waals surface area contributed by atoms with Crippen molar-refractivity contribution < 1.29 is 9.53 Å². The van der Waals surface area contributed by atoms with Gasteiger partial charge in [0.25, 0.3) is 5.91 Å². The second-order valence-corrected chi connectivity index (χ2v) is 6.01. The molecule has 1 saturated carbocycles. The molecule has 4 heteroatoms. The van der Waals surface area contributed by atoms with Crippen molar-refractivity contribution in [1.29, 1.82) is 0 Å². The lowest BCUT2D eigenvalue weighted by Gasteiger charge is -2.48. The van der Waals surface area contributed by atoms with Gasteiger partial charge in [-0.1, -0.05) is 6.92 Å². The van der Waals surface area contributed by atoms with Crippen LogP contribution in [0.3, 0.4) is 0 Å². The highest BCUT2D eigenvalue weighted by atomic mass is 16.5. The molecule has 1 aliphatic heterocycles. The van der Waals surface area contributed by atoms with Crippen LogP contribution in [-0.2, 0) is 9.53 Å². The molecule has 1 spiro atoms. The maximum absolute atomic E-state index is 12.3. The molecule has 4 nitrogen and oxygen atoms in total. The van der Waals surface area contributed by atoms with Gasteiger partial charge in [0, 0.05) is 18.7 Å². The molecular weight excluding hydrogens is 228 g/mol. The van der Waals surface area contributed by atoms with Crippen LogP contribution in [0.25, 0.3) is 0 Å². The van der Waals surface area contributed by atoms with Crippen molar-refractivity contribution in [3.8, 4) is 0 Å². The second-order valence-electron chi connectivity index (χ2n) is 6.01. The minimum Gasteiger partial charge on any atom is -0.369 e. The van der Waals surface area contributed by atoms with Gasteiger partial charge in [-0.05, 0) is 52.0 Å². The molecule has 1 aliphatic carbocycles. The number of carbonyl (C=O) groups excluding carboxylic acids is 1. The monoisotopic (exact) mass is 254 g/mol. The van der Waals surface area contributed by atoms with Gasteiger partial charge in [-0.2, -0.15) is 0 Å². The summed E-state index contributed by atoms with van der Waals surface area (Å²) >= 11 is 0. The summed E-state index contributed by atoms with van der Waals surface area (Å²) in [6.45, 7) is 4.86. The van der Waals surface area contributed by atoms with Gasteiger partial charge >= 0.3 is 0 Å². The Bertz CT molecular complexity index is 309. The van der Waals surface area contributed by atoms with E-state index in [0.717, 1.165) is 19.4 Å². The molecule has 2 unspecified atom stereocenters. The highest BCUT2D eigenvalue weighted by Gasteiger charge is 2.42. The molecule has 0 radical (unpaired) electrons. The molecule has 1 amide bonds. The molecule has 2 atom stereocenters. The lowest BCUT2D eigenvalue weighted by atomic mass is 9.70. The number of piperidine rings is 1. The van der Waals surface area contributed by atoms with Crippen molar-refractivity contribution in [3.63, 3.8) is 0 Å². The van der Waals surface area contributed by atoms with Crippen molar-refractivity contribution >= 4 is 5.91 Å². The third-order valence-electron chi connectivity index (χ3n) is 4.88. The number of nitrogens with one attached hydrogen (secondary N) is 2. The number of rotatable bonds is 4. The van der Waals surface area contributed by atoms with E-state index in [-0.39, 0.29) is 5.91 Å². The molecule has 104 valence electrons. The fourth-order valence-corrected chi connectivity index (χ4v) is 3.00. The minimum atomic E-state index is -0.683. The Morgan fingerprint density at radius 1 is 1.56 bits per heavy atom. The largest absolute Gasteiger partial charge is 0.369 e. The molecular formula is C14H26N2O2. The first-order valence-corrected chi connectivity index (χ1v) is 7.15. The van der Waals surface area contributed by atoms with E-state index in [1.165, 1.54) is 19.3 Å². The van der Waals surface area contributed by atoms with Crippen molar-refractivity contribution in [1.82, 2.24) is 10.6 Å². The fraction of sp³-hybridized carbons (Fsp3) is 0.929. The van der Waals surface area contributed by atoms with Crippen molar-refractivity contribution in [2.45, 2.75) is 69.6 Å². The molecule has 0 aromatic heterocycles. The van der Waals surface area contributed by atoms with Crippen LogP contribution in [0.1, 0.15) is 52.4 Å². The van der Waals surface area contributed by atoms with Crippen molar-refractivity contribution in [3.05, 3.63) is 0 Å². The predicted molar refractivity (Wildman–Crippen MR) is 71.5 cm³/mol. The smallest absolute Gasteiger partial charge is 0.252 e. The summed E-state index contributed by atoms with van der Waals surface area (Å²) in [5.74, 6) is 0.0360. The zero-order chi connectivity index (χ0) is 13.2.